The van der Waals surface area contributed by atoms with Crippen LogP contribution in [0.4, 0.5) is 0 Å². The fourth-order valence-electron chi connectivity index (χ4n) is 6.56. The fraction of sp³-hybridized carbons (Fsp3) is 0. The van der Waals surface area contributed by atoms with Crippen molar-refractivity contribution in [2.24, 2.45) is 0 Å². The molecule has 0 saturated heterocycles. The van der Waals surface area contributed by atoms with Crippen LogP contribution in [0, 0.1) is 0 Å². The molecule has 0 unspecified atom stereocenters. The van der Waals surface area contributed by atoms with Crippen molar-refractivity contribution in [2.75, 3.05) is 0 Å². The minimum atomic E-state index is -0.972. The summed E-state index contributed by atoms with van der Waals surface area (Å²) in [5, 5.41) is 11.6. The summed E-state index contributed by atoms with van der Waals surface area (Å²) in [6, 6.07) is 88.0. The Morgan fingerprint density at radius 2 is 0.400 bits per heavy atom. The van der Waals surface area contributed by atoms with Crippen molar-refractivity contribution in [2.45, 2.75) is 0 Å². The minimum Gasteiger partial charge on any atom is -0.0622 e. The van der Waals surface area contributed by atoms with Crippen LogP contribution in [0.15, 0.2) is 243 Å². The molecule has 0 bridgehead atoms. The first-order chi connectivity index (χ1) is 26.8. The van der Waals surface area contributed by atoms with Crippen LogP contribution in [0.1, 0.15) is 0 Å². The minimum absolute atomic E-state index is 0. The van der Waals surface area contributed by atoms with Gasteiger partial charge in [0.1, 0.15) is 21.2 Å². The van der Waals surface area contributed by atoms with Gasteiger partial charge in [0.05, 0.1) is 26.9 Å². The van der Waals surface area contributed by atoms with Gasteiger partial charge in [-0.15, -0.1) is 0 Å². The summed E-state index contributed by atoms with van der Waals surface area (Å²) in [6.07, 6.45) is 0. The number of hydrogen-bond donors (Lipinski definition) is 0. The van der Waals surface area contributed by atoms with Gasteiger partial charge in [-0.05, 0) is 84.8 Å². The van der Waals surface area contributed by atoms with Crippen LogP contribution in [0.5, 0.6) is 0 Å². The van der Waals surface area contributed by atoms with Gasteiger partial charge in [0.15, 0.2) is 0 Å². The molecule has 272 valence electrons. The summed E-state index contributed by atoms with van der Waals surface area (Å²) in [7, 11) is -3.89. The zero-order valence-electron chi connectivity index (χ0n) is 30.6. The quantitative estimate of drug-likeness (QED) is 0.120. The second kappa shape index (κ2) is 21.9. The van der Waals surface area contributed by atoms with E-state index in [1.54, 1.807) is 0 Å². The Morgan fingerprint density at radius 3 is 0.582 bits per heavy atom. The molecule has 0 radical (unpaired) electrons. The van der Waals surface area contributed by atoms with E-state index in [2.05, 4.69) is 254 Å². The van der Waals surface area contributed by atoms with Gasteiger partial charge in [0.2, 0.25) is 0 Å². The molecule has 0 amide bonds. The van der Waals surface area contributed by atoms with Gasteiger partial charge in [-0.3, -0.25) is 0 Å². The van der Waals surface area contributed by atoms with Crippen molar-refractivity contribution >= 4 is 84.4 Å². The van der Waals surface area contributed by atoms with Gasteiger partial charge >= 0.3 is 21.1 Å². The molecule has 0 fully saturated rings. The Morgan fingerprint density at radius 1 is 0.236 bits per heavy atom. The van der Waals surface area contributed by atoms with Crippen molar-refractivity contribution < 1.29 is 21.1 Å². The van der Waals surface area contributed by atoms with Crippen LogP contribution >= 0.6 is 30.9 Å². The molecule has 0 saturated carbocycles. The average Bonchev–Trinajstić information content (AvgIpc) is 3.27. The van der Waals surface area contributed by atoms with Crippen molar-refractivity contribution in [1.29, 1.82) is 0 Å². The zero-order chi connectivity index (χ0) is 36.6. The second-order valence-corrected chi connectivity index (χ2v) is 23.1. The van der Waals surface area contributed by atoms with Crippen LogP contribution in [-0.4, -0.2) is 11.1 Å². The number of benzene rings is 8. The first-order valence-electron chi connectivity index (χ1n) is 18.4. The van der Waals surface area contributed by atoms with Gasteiger partial charge in [-0.2, -0.15) is 0 Å². The number of hydrogen-bond acceptors (Lipinski definition) is 0. The molecule has 0 atom stereocenters. The van der Waals surface area contributed by atoms with Crippen molar-refractivity contribution in [3.8, 4) is 0 Å². The summed E-state index contributed by atoms with van der Waals surface area (Å²) in [5.41, 5.74) is 5.37. The van der Waals surface area contributed by atoms with Gasteiger partial charge in [-0.25, -0.2) is 0 Å². The molecule has 0 aromatic heterocycles. The van der Waals surface area contributed by atoms with E-state index < -0.39 is 30.9 Å². The summed E-state index contributed by atoms with van der Waals surface area (Å²) in [6.45, 7) is 0. The molecule has 0 nitrogen and oxygen atoms in total. The summed E-state index contributed by atoms with van der Waals surface area (Å²) in [4.78, 5) is 0. The van der Waals surface area contributed by atoms with Gasteiger partial charge < -0.3 is 0 Å². The molecular weight excluding hydrogens is 920 g/mol. The molecule has 0 aliphatic rings. The summed E-state index contributed by atoms with van der Waals surface area (Å²) >= 11 is 0. The molecule has 8 aromatic rings. The maximum Gasteiger partial charge on any atom is 2.00 e. The third-order valence-electron chi connectivity index (χ3n) is 9.26. The van der Waals surface area contributed by atoms with Crippen molar-refractivity contribution in [3.63, 3.8) is 0 Å². The molecule has 8 rings (SSSR count). The van der Waals surface area contributed by atoms with Crippen LogP contribution in [-0.2, 0) is 21.1 Å². The van der Waals surface area contributed by atoms with Crippen molar-refractivity contribution in [3.05, 3.63) is 243 Å². The van der Waals surface area contributed by atoms with Crippen molar-refractivity contribution in [1.82, 2.24) is 0 Å². The van der Waals surface area contributed by atoms with E-state index in [4.69, 9.17) is 0 Å². The largest absolute Gasteiger partial charge is 2.00 e. The first-order valence-corrected chi connectivity index (χ1v) is 24.7. The molecule has 55 heavy (non-hydrogen) atoms. The standard InChI is InChI=1S/2C25H22P2.Pt/c2*1-5-13-22(14-6-1)26(23-15-7-2-8-16-23)21-27(24-17-9-3-10-18-24)25-19-11-4-12-20-25;/h2*1-21,26H;/q;;+2/p+2. The maximum atomic E-state index is 2.69. The molecule has 5 heteroatoms. The fourth-order valence-corrected chi connectivity index (χ4v) is 20.0. The Labute approximate surface area is 345 Å². The second-order valence-electron chi connectivity index (χ2n) is 12.9. The predicted molar refractivity (Wildman–Crippen MR) is 254 cm³/mol. The summed E-state index contributed by atoms with van der Waals surface area (Å²) in [5.74, 6) is 0. The molecule has 0 aliphatic carbocycles. The summed E-state index contributed by atoms with van der Waals surface area (Å²) < 4.78 is 0. The monoisotopic (exact) mass is 965 g/mol. The Bertz CT molecular complexity index is 2010. The van der Waals surface area contributed by atoms with Crippen LogP contribution in [0.2, 0.25) is 0 Å². The molecule has 8 aromatic carbocycles. The third-order valence-corrected chi connectivity index (χ3v) is 21.5. The first kappa shape index (κ1) is 40.6. The topological polar surface area (TPSA) is 0 Å². The maximum absolute atomic E-state index is 2.69. The van der Waals surface area contributed by atoms with E-state index in [9.17, 15) is 0 Å². The Balaban J connectivity index is 0.000000184. The molecule has 0 aliphatic heterocycles. The molecule has 0 spiro atoms. The van der Waals surface area contributed by atoms with Gasteiger partial charge in [-0.1, -0.05) is 194 Å². The smallest absolute Gasteiger partial charge is 0.0622 e. The average molecular weight is 966 g/mol. The SMILES string of the molecule is C(=[PH](c1ccccc1)c1ccccc1)[PH+](c1ccccc1)c1ccccc1.C(=[PH](c1ccccc1)c1ccccc1)[PH+](c1ccccc1)c1ccccc1.[Pt+2]. The van der Waals surface area contributed by atoms with E-state index >= 15 is 0 Å². The Hall–Kier alpha value is -4.09. The third kappa shape index (κ3) is 11.5. The Kier molecular flexibility index (Phi) is 16.1. The van der Waals surface area contributed by atoms with Crippen LogP contribution in [0.3, 0.4) is 0 Å². The normalized spacial score (nSPS) is 10.7. The zero-order valence-corrected chi connectivity index (χ0v) is 36.8. The predicted octanol–water partition coefficient (Wildman–Crippen LogP) is 8.95. The molecule has 0 N–H and O–H groups in total. The van der Waals surface area contributed by atoms with E-state index in [1.807, 2.05) is 0 Å². The van der Waals surface area contributed by atoms with E-state index in [0.717, 1.165) is 0 Å². The van der Waals surface area contributed by atoms with E-state index in [-0.39, 0.29) is 21.1 Å². The van der Waals surface area contributed by atoms with Crippen LogP contribution in [0.25, 0.3) is 0 Å². The van der Waals surface area contributed by atoms with Crippen LogP contribution < -0.4 is 42.4 Å². The number of rotatable bonds is 10. The van der Waals surface area contributed by atoms with E-state index in [1.165, 1.54) is 42.4 Å². The molecule has 0 heterocycles. The van der Waals surface area contributed by atoms with Gasteiger partial charge in [0, 0.05) is 0 Å². The van der Waals surface area contributed by atoms with Gasteiger partial charge in [0.25, 0.3) is 0 Å². The van der Waals surface area contributed by atoms with E-state index in [0.29, 0.717) is 0 Å². The molecular formula is C50H46P4Pt+4.